The fourth-order valence-corrected chi connectivity index (χ4v) is 2.97. The number of aromatic nitrogens is 2. The van der Waals surface area contributed by atoms with Crippen LogP contribution in [0.15, 0.2) is 48.1 Å². The largest absolute Gasteiger partial charge is 0.425 e. The summed E-state index contributed by atoms with van der Waals surface area (Å²) < 4.78 is 5.33. The quantitative estimate of drug-likeness (QED) is 0.522. The molecule has 3 aromatic rings. The molecule has 0 aliphatic carbocycles. The predicted octanol–water partition coefficient (Wildman–Crippen LogP) is 4.32. The molecule has 0 amide bonds. The molecule has 23 heavy (non-hydrogen) atoms. The molecule has 2 aromatic heterocycles. The zero-order chi connectivity index (χ0) is 16.2. The van der Waals surface area contributed by atoms with Crippen LogP contribution in [0.3, 0.4) is 0 Å². The average molecular weight is 345 g/mol. The standard InChI is InChI=1S/C17H13ClN2O2S/c1-11-4-5-14(18)15(7-11)22-16(21)8-13-10-23-17(20-13)12-3-2-6-19-9-12/h2-7,9-10H,8H2,1H3. The van der Waals surface area contributed by atoms with E-state index in [1.807, 2.05) is 30.5 Å². The molecule has 0 radical (unpaired) electrons. The third-order valence-electron chi connectivity index (χ3n) is 3.10. The Bertz CT molecular complexity index is 834. The molecule has 4 nitrogen and oxygen atoms in total. The number of thiazole rings is 1. The van der Waals surface area contributed by atoms with Crippen molar-refractivity contribution in [3.63, 3.8) is 0 Å². The molecule has 1 aromatic carbocycles. The molecule has 0 aliphatic heterocycles. The van der Waals surface area contributed by atoms with Crippen LogP contribution < -0.4 is 4.74 Å². The Morgan fingerprint density at radius 2 is 2.22 bits per heavy atom. The molecule has 0 bridgehead atoms. The Balaban J connectivity index is 1.69. The summed E-state index contributed by atoms with van der Waals surface area (Å²) in [6, 6.07) is 9.09. The fraction of sp³-hybridized carbons (Fsp3) is 0.118. The number of halogens is 1. The maximum Gasteiger partial charge on any atom is 0.317 e. The topological polar surface area (TPSA) is 52.1 Å². The second-order valence-electron chi connectivity index (χ2n) is 4.97. The van der Waals surface area contributed by atoms with E-state index < -0.39 is 0 Å². The van der Waals surface area contributed by atoms with Crippen LogP contribution in [0.4, 0.5) is 0 Å². The number of nitrogens with zero attached hydrogens (tertiary/aromatic N) is 2. The SMILES string of the molecule is Cc1ccc(Cl)c(OC(=O)Cc2csc(-c3cccnc3)n2)c1. The van der Waals surface area contributed by atoms with Crippen molar-refractivity contribution < 1.29 is 9.53 Å². The molecule has 0 atom stereocenters. The summed E-state index contributed by atoms with van der Waals surface area (Å²) >= 11 is 7.50. The van der Waals surface area contributed by atoms with Crippen molar-refractivity contribution in [2.75, 3.05) is 0 Å². The summed E-state index contributed by atoms with van der Waals surface area (Å²) in [5.74, 6) is -0.0140. The molecule has 116 valence electrons. The number of carbonyl (C=O) groups excluding carboxylic acids is 1. The van der Waals surface area contributed by atoms with E-state index >= 15 is 0 Å². The first-order valence-electron chi connectivity index (χ1n) is 6.93. The summed E-state index contributed by atoms with van der Waals surface area (Å²) in [6.07, 6.45) is 3.55. The number of esters is 1. The van der Waals surface area contributed by atoms with Gasteiger partial charge in [0.15, 0.2) is 0 Å². The van der Waals surface area contributed by atoms with Crippen molar-refractivity contribution in [3.05, 3.63) is 64.4 Å². The normalized spacial score (nSPS) is 10.5. The van der Waals surface area contributed by atoms with E-state index in [2.05, 4.69) is 9.97 Å². The highest BCUT2D eigenvalue weighted by Gasteiger charge is 2.13. The molecule has 0 fully saturated rings. The summed E-state index contributed by atoms with van der Waals surface area (Å²) in [5.41, 5.74) is 2.58. The molecule has 0 spiro atoms. The van der Waals surface area contributed by atoms with Crippen molar-refractivity contribution in [2.24, 2.45) is 0 Å². The van der Waals surface area contributed by atoms with E-state index in [1.54, 1.807) is 24.5 Å². The minimum absolute atomic E-state index is 0.0982. The molecular weight excluding hydrogens is 332 g/mol. The number of pyridine rings is 1. The lowest BCUT2D eigenvalue weighted by Gasteiger charge is -2.06. The van der Waals surface area contributed by atoms with Crippen LogP contribution in [0.1, 0.15) is 11.3 Å². The Labute approximate surface area is 142 Å². The first-order valence-corrected chi connectivity index (χ1v) is 8.19. The van der Waals surface area contributed by atoms with Crippen molar-refractivity contribution >= 4 is 28.9 Å². The van der Waals surface area contributed by atoms with Gasteiger partial charge in [0, 0.05) is 23.3 Å². The number of ether oxygens (including phenoxy) is 1. The predicted molar refractivity (Wildman–Crippen MR) is 90.9 cm³/mol. The molecule has 0 N–H and O–H groups in total. The highest BCUT2D eigenvalue weighted by molar-refractivity contribution is 7.13. The van der Waals surface area contributed by atoms with Gasteiger partial charge in [-0.05, 0) is 36.8 Å². The van der Waals surface area contributed by atoms with Gasteiger partial charge in [0.1, 0.15) is 10.8 Å². The molecule has 6 heteroatoms. The lowest BCUT2D eigenvalue weighted by molar-refractivity contribution is -0.133. The Hall–Kier alpha value is -2.24. The van der Waals surface area contributed by atoms with Crippen LogP contribution in [-0.2, 0) is 11.2 Å². The van der Waals surface area contributed by atoms with Gasteiger partial charge in [0.25, 0.3) is 0 Å². The van der Waals surface area contributed by atoms with Crippen molar-refractivity contribution in [3.8, 4) is 16.3 Å². The van der Waals surface area contributed by atoms with E-state index in [4.69, 9.17) is 16.3 Å². The van der Waals surface area contributed by atoms with Crippen LogP contribution in [0.2, 0.25) is 5.02 Å². The van der Waals surface area contributed by atoms with Crippen LogP contribution in [0, 0.1) is 6.92 Å². The average Bonchev–Trinajstić information content (AvgIpc) is 3.00. The van der Waals surface area contributed by atoms with E-state index in [1.165, 1.54) is 11.3 Å². The van der Waals surface area contributed by atoms with E-state index in [9.17, 15) is 4.79 Å². The molecular formula is C17H13ClN2O2S. The third-order valence-corrected chi connectivity index (χ3v) is 4.35. The Kier molecular flexibility index (Phi) is 4.69. The maximum absolute atomic E-state index is 12.1. The lowest BCUT2D eigenvalue weighted by Crippen LogP contribution is -2.11. The Morgan fingerprint density at radius 3 is 3.00 bits per heavy atom. The molecule has 0 saturated carbocycles. The lowest BCUT2D eigenvalue weighted by atomic mass is 10.2. The Morgan fingerprint density at radius 1 is 1.35 bits per heavy atom. The highest BCUT2D eigenvalue weighted by atomic mass is 35.5. The summed E-state index contributed by atoms with van der Waals surface area (Å²) in [5, 5.41) is 3.09. The van der Waals surface area contributed by atoms with Gasteiger partial charge in [0.05, 0.1) is 17.1 Å². The number of rotatable bonds is 4. The fourth-order valence-electron chi connectivity index (χ4n) is 2.01. The summed E-state index contributed by atoms with van der Waals surface area (Å²) in [7, 11) is 0. The van der Waals surface area contributed by atoms with Gasteiger partial charge in [-0.25, -0.2) is 4.98 Å². The summed E-state index contributed by atoms with van der Waals surface area (Å²) in [6.45, 7) is 1.91. The zero-order valence-electron chi connectivity index (χ0n) is 12.3. The van der Waals surface area contributed by atoms with Gasteiger partial charge in [-0.3, -0.25) is 9.78 Å². The number of aryl methyl sites for hydroxylation is 1. The van der Waals surface area contributed by atoms with Crippen molar-refractivity contribution in [1.82, 2.24) is 9.97 Å². The molecule has 2 heterocycles. The van der Waals surface area contributed by atoms with E-state index in [0.29, 0.717) is 16.5 Å². The minimum Gasteiger partial charge on any atom is -0.425 e. The zero-order valence-corrected chi connectivity index (χ0v) is 13.9. The van der Waals surface area contributed by atoms with Gasteiger partial charge >= 0.3 is 5.97 Å². The second-order valence-corrected chi connectivity index (χ2v) is 6.24. The molecule has 3 rings (SSSR count). The highest BCUT2D eigenvalue weighted by Crippen LogP contribution is 2.26. The van der Waals surface area contributed by atoms with Crippen molar-refractivity contribution in [2.45, 2.75) is 13.3 Å². The van der Waals surface area contributed by atoms with Crippen LogP contribution in [-0.4, -0.2) is 15.9 Å². The third kappa shape index (κ3) is 3.94. The maximum atomic E-state index is 12.1. The first-order chi connectivity index (χ1) is 11.1. The number of benzene rings is 1. The number of carbonyl (C=O) groups is 1. The van der Waals surface area contributed by atoms with E-state index in [0.717, 1.165) is 16.1 Å². The van der Waals surface area contributed by atoms with Crippen LogP contribution in [0.5, 0.6) is 5.75 Å². The van der Waals surface area contributed by atoms with Crippen LogP contribution >= 0.6 is 22.9 Å². The number of hydrogen-bond donors (Lipinski definition) is 0. The first kappa shape index (κ1) is 15.6. The van der Waals surface area contributed by atoms with E-state index in [-0.39, 0.29) is 12.4 Å². The molecule has 0 saturated heterocycles. The monoisotopic (exact) mass is 344 g/mol. The second kappa shape index (κ2) is 6.89. The van der Waals surface area contributed by atoms with Gasteiger partial charge in [-0.15, -0.1) is 11.3 Å². The molecule has 0 aliphatic rings. The summed E-state index contributed by atoms with van der Waals surface area (Å²) in [4.78, 5) is 20.6. The minimum atomic E-state index is -0.388. The van der Waals surface area contributed by atoms with Crippen LogP contribution in [0.25, 0.3) is 10.6 Å². The molecule has 0 unspecified atom stereocenters. The number of hydrogen-bond acceptors (Lipinski definition) is 5. The van der Waals surface area contributed by atoms with Gasteiger partial charge in [0.2, 0.25) is 0 Å². The van der Waals surface area contributed by atoms with Gasteiger partial charge < -0.3 is 4.74 Å². The van der Waals surface area contributed by atoms with Gasteiger partial charge in [-0.1, -0.05) is 17.7 Å². The van der Waals surface area contributed by atoms with Crippen molar-refractivity contribution in [1.29, 1.82) is 0 Å². The van der Waals surface area contributed by atoms with Gasteiger partial charge in [-0.2, -0.15) is 0 Å². The smallest absolute Gasteiger partial charge is 0.317 e.